The van der Waals surface area contributed by atoms with Crippen LogP contribution in [0.1, 0.15) is 24.5 Å². The van der Waals surface area contributed by atoms with Gasteiger partial charge < -0.3 is 15.0 Å². The summed E-state index contributed by atoms with van der Waals surface area (Å²) < 4.78 is 5.62. The number of nitrogens with zero attached hydrogens (tertiary/aromatic N) is 2. The van der Waals surface area contributed by atoms with Crippen LogP contribution < -0.4 is 10.1 Å². The van der Waals surface area contributed by atoms with Gasteiger partial charge in [-0.2, -0.15) is 0 Å². The molecule has 1 aliphatic rings. The summed E-state index contributed by atoms with van der Waals surface area (Å²) in [6, 6.07) is 5.84. The van der Waals surface area contributed by atoms with E-state index in [2.05, 4.69) is 10.2 Å². The predicted molar refractivity (Wildman–Crippen MR) is 97.7 cm³/mol. The highest BCUT2D eigenvalue weighted by Gasteiger charge is 2.22. The van der Waals surface area contributed by atoms with Crippen molar-refractivity contribution in [1.29, 1.82) is 0 Å². The van der Waals surface area contributed by atoms with E-state index in [0.29, 0.717) is 26.2 Å². The molecule has 6 heteroatoms. The maximum Gasteiger partial charge on any atom is 0.260 e. The summed E-state index contributed by atoms with van der Waals surface area (Å²) in [6.45, 7) is 9.99. The van der Waals surface area contributed by atoms with Crippen LogP contribution in [0.2, 0.25) is 0 Å². The largest absolute Gasteiger partial charge is 0.484 e. The van der Waals surface area contributed by atoms with Gasteiger partial charge in [-0.1, -0.05) is 13.0 Å². The third-order valence-corrected chi connectivity index (χ3v) is 4.51. The fraction of sp³-hybridized carbons (Fsp3) is 0.579. The van der Waals surface area contributed by atoms with Gasteiger partial charge in [0.1, 0.15) is 5.75 Å². The zero-order valence-corrected chi connectivity index (χ0v) is 15.5. The lowest BCUT2D eigenvalue weighted by Gasteiger charge is -2.34. The lowest BCUT2D eigenvalue weighted by Crippen LogP contribution is -2.52. The van der Waals surface area contributed by atoms with Crippen LogP contribution in [0, 0.1) is 13.8 Å². The first-order valence-corrected chi connectivity index (χ1v) is 8.96. The van der Waals surface area contributed by atoms with Gasteiger partial charge in [0.25, 0.3) is 5.91 Å². The molecule has 1 heterocycles. The number of aryl methyl sites for hydroxylation is 2. The third kappa shape index (κ3) is 6.05. The highest BCUT2D eigenvalue weighted by molar-refractivity contribution is 5.79. The molecule has 0 atom stereocenters. The van der Waals surface area contributed by atoms with Crippen LogP contribution in [0.3, 0.4) is 0 Å². The molecule has 2 amide bonds. The molecule has 6 nitrogen and oxygen atoms in total. The SMILES string of the molecule is CCCNC(=O)CN1CCN(C(=O)COc2ccc(C)c(C)c2)CC1. The molecule has 0 spiro atoms. The molecule has 1 N–H and O–H groups in total. The van der Waals surface area contributed by atoms with Crippen molar-refractivity contribution in [1.82, 2.24) is 15.1 Å². The van der Waals surface area contributed by atoms with Gasteiger partial charge in [-0.05, 0) is 43.5 Å². The van der Waals surface area contributed by atoms with E-state index < -0.39 is 0 Å². The molecule has 25 heavy (non-hydrogen) atoms. The van der Waals surface area contributed by atoms with E-state index in [0.717, 1.165) is 30.8 Å². The summed E-state index contributed by atoms with van der Waals surface area (Å²) in [5.74, 6) is 0.774. The van der Waals surface area contributed by atoms with Crippen molar-refractivity contribution >= 4 is 11.8 Å². The van der Waals surface area contributed by atoms with Gasteiger partial charge in [0, 0.05) is 32.7 Å². The molecule has 0 bridgehead atoms. The normalized spacial score (nSPS) is 15.1. The van der Waals surface area contributed by atoms with Crippen LogP contribution in [0.4, 0.5) is 0 Å². The number of hydrogen-bond donors (Lipinski definition) is 1. The Morgan fingerprint density at radius 2 is 1.84 bits per heavy atom. The average Bonchev–Trinajstić information content (AvgIpc) is 2.61. The zero-order valence-electron chi connectivity index (χ0n) is 15.5. The van der Waals surface area contributed by atoms with Crippen molar-refractivity contribution in [2.75, 3.05) is 45.9 Å². The van der Waals surface area contributed by atoms with Crippen molar-refractivity contribution in [3.8, 4) is 5.75 Å². The number of amides is 2. The third-order valence-electron chi connectivity index (χ3n) is 4.51. The molecule has 0 aliphatic carbocycles. The summed E-state index contributed by atoms with van der Waals surface area (Å²) in [7, 11) is 0. The van der Waals surface area contributed by atoms with E-state index in [4.69, 9.17) is 4.74 Å². The van der Waals surface area contributed by atoms with Crippen LogP contribution in [-0.4, -0.2) is 67.5 Å². The summed E-state index contributed by atoms with van der Waals surface area (Å²) in [6.07, 6.45) is 0.939. The van der Waals surface area contributed by atoms with Gasteiger partial charge in [-0.25, -0.2) is 0 Å². The molecule has 2 rings (SSSR count). The van der Waals surface area contributed by atoms with E-state index >= 15 is 0 Å². The van der Waals surface area contributed by atoms with Crippen LogP contribution >= 0.6 is 0 Å². The fourth-order valence-corrected chi connectivity index (χ4v) is 2.72. The highest BCUT2D eigenvalue weighted by atomic mass is 16.5. The van der Waals surface area contributed by atoms with Gasteiger partial charge >= 0.3 is 0 Å². The van der Waals surface area contributed by atoms with E-state index in [1.165, 1.54) is 5.56 Å². The number of ether oxygens (including phenoxy) is 1. The van der Waals surface area contributed by atoms with E-state index in [-0.39, 0.29) is 18.4 Å². The van der Waals surface area contributed by atoms with Crippen LogP contribution in [0.5, 0.6) is 5.75 Å². The Balaban J connectivity index is 1.71. The van der Waals surface area contributed by atoms with Crippen molar-refractivity contribution < 1.29 is 14.3 Å². The van der Waals surface area contributed by atoms with Crippen molar-refractivity contribution in [2.24, 2.45) is 0 Å². The van der Waals surface area contributed by atoms with Gasteiger partial charge in [0.05, 0.1) is 6.54 Å². The average molecular weight is 347 g/mol. The molecule has 0 unspecified atom stereocenters. The molecule has 1 aliphatic heterocycles. The Labute approximate surface area is 150 Å². The van der Waals surface area contributed by atoms with E-state index in [9.17, 15) is 9.59 Å². The second-order valence-corrected chi connectivity index (χ2v) is 6.54. The van der Waals surface area contributed by atoms with E-state index in [1.807, 2.05) is 43.9 Å². The number of carbonyl (C=O) groups is 2. The predicted octanol–water partition coefficient (Wildman–Crippen LogP) is 1.35. The van der Waals surface area contributed by atoms with Gasteiger partial charge in [0.15, 0.2) is 6.61 Å². The minimum Gasteiger partial charge on any atom is -0.484 e. The topological polar surface area (TPSA) is 61.9 Å². The van der Waals surface area contributed by atoms with Crippen LogP contribution in [0.25, 0.3) is 0 Å². The Morgan fingerprint density at radius 1 is 1.12 bits per heavy atom. The maximum atomic E-state index is 12.3. The van der Waals surface area contributed by atoms with E-state index in [1.54, 1.807) is 0 Å². The number of carbonyl (C=O) groups excluding carboxylic acids is 2. The zero-order chi connectivity index (χ0) is 18.2. The lowest BCUT2D eigenvalue weighted by atomic mass is 10.1. The molecule has 0 radical (unpaired) electrons. The molecule has 1 aromatic carbocycles. The smallest absolute Gasteiger partial charge is 0.260 e. The fourth-order valence-electron chi connectivity index (χ4n) is 2.72. The van der Waals surface area contributed by atoms with Gasteiger partial charge in [-0.3, -0.25) is 14.5 Å². The monoisotopic (exact) mass is 347 g/mol. The molecule has 138 valence electrons. The first-order valence-electron chi connectivity index (χ1n) is 8.96. The minimum absolute atomic E-state index is 0.00619. The van der Waals surface area contributed by atoms with Gasteiger partial charge in [-0.15, -0.1) is 0 Å². The molecular weight excluding hydrogens is 318 g/mol. The second-order valence-electron chi connectivity index (χ2n) is 6.54. The number of benzene rings is 1. The Hall–Kier alpha value is -2.08. The second kappa shape index (κ2) is 9.42. The number of piperazine rings is 1. The first-order chi connectivity index (χ1) is 12.0. The summed E-state index contributed by atoms with van der Waals surface area (Å²) in [5.41, 5.74) is 2.36. The number of nitrogens with one attached hydrogen (secondary N) is 1. The standard InChI is InChI=1S/C19H29N3O3/c1-4-7-20-18(23)13-21-8-10-22(11-9-21)19(24)14-25-17-6-5-15(2)16(3)12-17/h5-6,12H,4,7-11,13-14H2,1-3H3,(H,20,23). The Bertz CT molecular complexity index is 596. The maximum absolute atomic E-state index is 12.3. The highest BCUT2D eigenvalue weighted by Crippen LogP contribution is 2.16. The number of rotatable bonds is 7. The molecule has 1 aromatic rings. The summed E-state index contributed by atoms with van der Waals surface area (Å²) in [5, 5.41) is 2.88. The Kier molecular flexibility index (Phi) is 7.25. The minimum atomic E-state index is -0.00619. The first kappa shape index (κ1) is 19.2. The molecule has 0 saturated carbocycles. The van der Waals surface area contributed by atoms with Crippen molar-refractivity contribution in [3.63, 3.8) is 0 Å². The molecule has 1 saturated heterocycles. The van der Waals surface area contributed by atoms with Crippen molar-refractivity contribution in [3.05, 3.63) is 29.3 Å². The Morgan fingerprint density at radius 3 is 2.48 bits per heavy atom. The number of hydrogen-bond acceptors (Lipinski definition) is 4. The molecule has 1 fully saturated rings. The van der Waals surface area contributed by atoms with Crippen molar-refractivity contribution in [2.45, 2.75) is 27.2 Å². The van der Waals surface area contributed by atoms with Crippen LogP contribution in [-0.2, 0) is 9.59 Å². The molecule has 0 aromatic heterocycles. The lowest BCUT2D eigenvalue weighted by molar-refractivity contribution is -0.135. The van der Waals surface area contributed by atoms with Crippen LogP contribution in [0.15, 0.2) is 18.2 Å². The quantitative estimate of drug-likeness (QED) is 0.809. The molecular formula is C19H29N3O3. The summed E-state index contributed by atoms with van der Waals surface area (Å²) >= 11 is 0. The summed E-state index contributed by atoms with van der Waals surface area (Å²) in [4.78, 5) is 27.9. The van der Waals surface area contributed by atoms with Gasteiger partial charge in [0.2, 0.25) is 5.91 Å².